The van der Waals surface area contributed by atoms with Crippen molar-refractivity contribution in [2.24, 2.45) is 0 Å². The maximum Gasteiger partial charge on any atom is 0.294 e. The Kier molecular flexibility index (Phi) is 6.78. The Labute approximate surface area is 200 Å². The first kappa shape index (κ1) is 23.2. The molecule has 0 aliphatic carbocycles. The molecule has 0 atom stereocenters. The minimum Gasteiger partial charge on any atom is -0.504 e. The molecule has 2 aromatic rings. The number of hydrogen-bond donors (Lipinski definition) is 2. The van der Waals surface area contributed by atoms with Crippen molar-refractivity contribution >= 4 is 40.6 Å². The van der Waals surface area contributed by atoms with Gasteiger partial charge in [-0.3, -0.25) is 19.3 Å². The lowest BCUT2D eigenvalue weighted by Gasteiger charge is -2.19. The van der Waals surface area contributed by atoms with E-state index in [0.717, 1.165) is 16.7 Å². The Morgan fingerprint density at radius 2 is 2.00 bits per heavy atom. The fraction of sp³-hybridized carbons (Fsp3) is 0.208. The van der Waals surface area contributed by atoms with Crippen molar-refractivity contribution in [2.45, 2.75) is 6.42 Å². The number of hydrogen-bond acceptors (Lipinski definition) is 8. The van der Waals surface area contributed by atoms with Gasteiger partial charge in [0.05, 0.1) is 12.0 Å². The average molecular weight is 483 g/mol. The Balaban J connectivity index is 1.47. The van der Waals surface area contributed by atoms with Crippen molar-refractivity contribution in [1.29, 1.82) is 0 Å². The third kappa shape index (κ3) is 4.86. The molecule has 9 nitrogen and oxygen atoms in total. The number of benzene rings is 2. The number of carbonyl (C=O) groups excluding carboxylic acids is 3. The average Bonchev–Trinajstić information content (AvgIpc) is 3.08. The lowest BCUT2D eigenvalue weighted by molar-refractivity contribution is -0.127. The van der Waals surface area contributed by atoms with Gasteiger partial charge in [0.15, 0.2) is 23.0 Å². The van der Waals surface area contributed by atoms with E-state index < -0.39 is 23.6 Å². The van der Waals surface area contributed by atoms with E-state index in [4.69, 9.17) is 14.2 Å². The molecule has 2 aliphatic rings. The number of anilines is 1. The number of fused-ring (bicyclic) bond motifs is 1. The lowest BCUT2D eigenvalue weighted by atomic mass is 10.1. The summed E-state index contributed by atoms with van der Waals surface area (Å²) >= 11 is 0.739. The van der Waals surface area contributed by atoms with Gasteiger partial charge in [-0.1, -0.05) is 6.08 Å². The number of ether oxygens (including phenoxy) is 3. The fourth-order valence-electron chi connectivity index (χ4n) is 3.49. The van der Waals surface area contributed by atoms with E-state index >= 15 is 0 Å². The van der Waals surface area contributed by atoms with Crippen molar-refractivity contribution < 1.29 is 33.7 Å². The van der Waals surface area contributed by atoms with Crippen LogP contribution in [0.4, 0.5) is 10.5 Å². The zero-order chi connectivity index (χ0) is 24.2. The van der Waals surface area contributed by atoms with Crippen molar-refractivity contribution in [2.75, 3.05) is 32.2 Å². The predicted molar refractivity (Wildman–Crippen MR) is 127 cm³/mol. The van der Waals surface area contributed by atoms with E-state index in [1.807, 2.05) is 0 Å². The molecule has 34 heavy (non-hydrogen) atoms. The summed E-state index contributed by atoms with van der Waals surface area (Å²) in [7, 11) is 1.42. The van der Waals surface area contributed by atoms with Crippen molar-refractivity contribution in [3.8, 4) is 23.0 Å². The minimum atomic E-state index is -0.579. The summed E-state index contributed by atoms with van der Waals surface area (Å²) in [6, 6.07) is 8.20. The second kappa shape index (κ2) is 9.92. The first-order chi connectivity index (χ1) is 16.4. The Hall–Kier alpha value is -3.92. The third-order valence-corrected chi connectivity index (χ3v) is 5.97. The van der Waals surface area contributed by atoms with Crippen LogP contribution in [0.5, 0.6) is 23.0 Å². The topological polar surface area (TPSA) is 114 Å². The normalized spacial score (nSPS) is 16.0. The number of methoxy groups -OCH3 is 1. The number of carbonyl (C=O) groups is 3. The van der Waals surface area contributed by atoms with Gasteiger partial charge in [0.2, 0.25) is 5.91 Å². The molecule has 1 fully saturated rings. The second-order valence-corrected chi connectivity index (χ2v) is 8.39. The van der Waals surface area contributed by atoms with Gasteiger partial charge in [0.1, 0.15) is 19.8 Å². The highest BCUT2D eigenvalue weighted by molar-refractivity contribution is 8.18. The smallest absolute Gasteiger partial charge is 0.294 e. The van der Waals surface area contributed by atoms with Crippen LogP contribution in [0, 0.1) is 0 Å². The van der Waals surface area contributed by atoms with Crippen molar-refractivity contribution in [3.05, 3.63) is 59.0 Å². The number of allylic oxidation sites excluding steroid dienone is 1. The van der Waals surface area contributed by atoms with Gasteiger partial charge in [-0.15, -0.1) is 6.58 Å². The van der Waals surface area contributed by atoms with Gasteiger partial charge in [-0.2, -0.15) is 0 Å². The zero-order valence-electron chi connectivity index (χ0n) is 18.3. The van der Waals surface area contributed by atoms with E-state index in [2.05, 4.69) is 11.9 Å². The number of imide groups is 1. The molecule has 0 saturated carbocycles. The van der Waals surface area contributed by atoms with Gasteiger partial charge in [0.25, 0.3) is 11.1 Å². The largest absolute Gasteiger partial charge is 0.504 e. The van der Waals surface area contributed by atoms with E-state index in [9.17, 15) is 19.5 Å². The monoisotopic (exact) mass is 482 g/mol. The van der Waals surface area contributed by atoms with Crippen LogP contribution in [0.2, 0.25) is 0 Å². The standard InChI is InChI=1S/C24H22N2O7S/c1-3-4-15-9-14(10-19(31-2)22(15)28)11-20-23(29)26(24(30)34-20)13-21(27)25-16-5-6-17-18(12-16)33-8-7-32-17/h3,5-6,9-12,28H,1,4,7-8,13H2,2H3,(H,25,27)/b20-11-. The molecule has 2 aromatic carbocycles. The third-order valence-electron chi connectivity index (χ3n) is 5.06. The lowest BCUT2D eigenvalue weighted by Crippen LogP contribution is -2.36. The van der Waals surface area contributed by atoms with E-state index in [-0.39, 0.29) is 16.4 Å². The SMILES string of the molecule is C=CCc1cc(/C=C2\SC(=O)N(CC(=O)Nc3ccc4c(c3)OCCO4)C2=O)cc(OC)c1O. The number of thioether (sulfide) groups is 1. The van der Waals surface area contributed by atoms with Crippen LogP contribution in [0.25, 0.3) is 6.08 Å². The molecule has 2 aliphatic heterocycles. The van der Waals surface area contributed by atoms with Gasteiger partial charge in [-0.05, 0) is 54.1 Å². The highest BCUT2D eigenvalue weighted by Gasteiger charge is 2.36. The molecule has 0 unspecified atom stereocenters. The first-order valence-corrected chi connectivity index (χ1v) is 11.2. The first-order valence-electron chi connectivity index (χ1n) is 10.3. The van der Waals surface area contributed by atoms with Gasteiger partial charge >= 0.3 is 0 Å². The van der Waals surface area contributed by atoms with Crippen LogP contribution in [-0.2, 0) is 16.0 Å². The van der Waals surface area contributed by atoms with Crippen molar-refractivity contribution in [3.63, 3.8) is 0 Å². The molecule has 0 radical (unpaired) electrons. The van der Waals surface area contributed by atoms with Gasteiger partial charge in [0, 0.05) is 17.3 Å². The minimum absolute atomic E-state index is 0.0107. The number of phenols is 1. The Morgan fingerprint density at radius 3 is 2.74 bits per heavy atom. The van der Waals surface area contributed by atoms with Gasteiger partial charge < -0.3 is 24.6 Å². The highest BCUT2D eigenvalue weighted by Crippen LogP contribution is 2.36. The molecule has 2 N–H and O–H groups in total. The van der Waals surface area contributed by atoms with Gasteiger partial charge in [-0.25, -0.2) is 0 Å². The summed E-state index contributed by atoms with van der Waals surface area (Å²) in [5, 5.41) is 12.4. The summed E-state index contributed by atoms with van der Waals surface area (Å²) in [6.45, 7) is 4.10. The number of phenolic OH excluding ortho intramolecular Hbond substituents is 1. The molecular formula is C24H22N2O7S. The van der Waals surface area contributed by atoms with Crippen LogP contribution in [0.3, 0.4) is 0 Å². The molecule has 176 valence electrons. The fourth-order valence-corrected chi connectivity index (χ4v) is 4.33. The molecule has 1 saturated heterocycles. The number of nitrogens with zero attached hydrogens (tertiary/aromatic N) is 1. The molecule has 10 heteroatoms. The molecule has 0 spiro atoms. The molecule has 3 amide bonds. The van der Waals surface area contributed by atoms with Crippen LogP contribution in [0.1, 0.15) is 11.1 Å². The van der Waals surface area contributed by atoms with E-state index in [0.29, 0.717) is 47.9 Å². The van der Waals surface area contributed by atoms with Crippen molar-refractivity contribution in [1.82, 2.24) is 4.90 Å². The van der Waals surface area contributed by atoms with E-state index in [1.54, 1.807) is 36.4 Å². The van der Waals surface area contributed by atoms with Crippen LogP contribution >= 0.6 is 11.8 Å². The quantitative estimate of drug-likeness (QED) is 0.455. The summed E-state index contributed by atoms with van der Waals surface area (Å²) in [5.74, 6) is 0.220. The van der Waals surface area contributed by atoms with Crippen LogP contribution in [-0.4, -0.2) is 53.9 Å². The number of nitrogens with one attached hydrogen (secondary N) is 1. The maximum atomic E-state index is 12.8. The maximum absolute atomic E-state index is 12.8. The summed E-state index contributed by atoms with van der Waals surface area (Å²) in [6.07, 6.45) is 3.55. The molecule has 0 bridgehead atoms. The summed E-state index contributed by atoms with van der Waals surface area (Å²) in [5.41, 5.74) is 1.60. The Bertz CT molecular complexity index is 1210. The predicted octanol–water partition coefficient (Wildman–Crippen LogP) is 3.58. The number of amides is 3. The molecular weight excluding hydrogens is 460 g/mol. The van der Waals surface area contributed by atoms with Crippen LogP contribution < -0.4 is 19.5 Å². The molecule has 4 rings (SSSR count). The summed E-state index contributed by atoms with van der Waals surface area (Å²) in [4.78, 5) is 38.8. The van der Waals surface area contributed by atoms with E-state index in [1.165, 1.54) is 13.2 Å². The summed E-state index contributed by atoms with van der Waals surface area (Å²) < 4.78 is 16.1. The Morgan fingerprint density at radius 1 is 1.24 bits per heavy atom. The molecule has 2 heterocycles. The number of rotatable bonds is 7. The number of aromatic hydroxyl groups is 1. The van der Waals surface area contributed by atoms with Crippen LogP contribution in [0.15, 0.2) is 47.9 Å². The second-order valence-electron chi connectivity index (χ2n) is 7.40. The highest BCUT2D eigenvalue weighted by atomic mass is 32.2. The zero-order valence-corrected chi connectivity index (χ0v) is 19.1. The molecule has 0 aromatic heterocycles.